The van der Waals surface area contributed by atoms with Crippen LogP contribution in [0.4, 0.5) is 0 Å². The summed E-state index contributed by atoms with van der Waals surface area (Å²) in [6, 6.07) is -1.77. The van der Waals surface area contributed by atoms with Crippen molar-refractivity contribution >= 4 is 17.7 Å². The summed E-state index contributed by atoms with van der Waals surface area (Å²) >= 11 is 0. The molecule has 2 aliphatic rings. The molecule has 0 aliphatic heterocycles. The standard InChI is InChI=1S/C24H42N2O5/c1-13(2)17(21(29)30)26-19(28)15(4)25-20(31-22(5,6)7)18(27)24-12-14(3)10-11-16(24)23(24,8)9/h13-17,20,25H,10-12H2,1-9H3,(H,26,28)(H,29,30). The zero-order valence-electron chi connectivity index (χ0n) is 20.7. The van der Waals surface area contributed by atoms with Crippen LogP contribution in [0.1, 0.15) is 81.6 Å². The van der Waals surface area contributed by atoms with Crippen molar-refractivity contribution in [3.05, 3.63) is 0 Å². The van der Waals surface area contributed by atoms with Gasteiger partial charge in [0.15, 0.2) is 12.0 Å². The van der Waals surface area contributed by atoms with Crippen molar-refractivity contribution in [3.63, 3.8) is 0 Å². The number of rotatable bonds is 9. The molecule has 0 bridgehead atoms. The molecule has 31 heavy (non-hydrogen) atoms. The second-order valence-corrected chi connectivity index (χ2v) is 11.6. The number of amides is 1. The molecule has 7 nitrogen and oxygen atoms in total. The molecule has 1 amide bonds. The fraction of sp³-hybridized carbons (Fsp3) is 0.875. The molecule has 0 aromatic rings. The molecule has 2 fully saturated rings. The van der Waals surface area contributed by atoms with E-state index in [9.17, 15) is 19.5 Å². The molecule has 3 N–H and O–H groups in total. The van der Waals surface area contributed by atoms with Crippen LogP contribution in [0.5, 0.6) is 0 Å². The second-order valence-electron chi connectivity index (χ2n) is 11.6. The molecule has 0 heterocycles. The van der Waals surface area contributed by atoms with Crippen LogP contribution in [0, 0.1) is 28.6 Å². The number of hydrogen-bond acceptors (Lipinski definition) is 5. The predicted octanol–water partition coefficient (Wildman–Crippen LogP) is 3.36. The molecule has 178 valence electrons. The lowest BCUT2D eigenvalue weighted by Crippen LogP contribution is -2.57. The first-order valence-electron chi connectivity index (χ1n) is 11.6. The second kappa shape index (κ2) is 8.81. The van der Waals surface area contributed by atoms with Gasteiger partial charge >= 0.3 is 5.97 Å². The number of carboxylic acid groups (broad SMARTS) is 1. The van der Waals surface area contributed by atoms with Crippen LogP contribution >= 0.6 is 0 Å². The lowest BCUT2D eigenvalue weighted by molar-refractivity contribution is -0.154. The van der Waals surface area contributed by atoms with Crippen LogP contribution in [-0.2, 0) is 19.1 Å². The fourth-order valence-corrected chi connectivity index (χ4v) is 5.52. The Labute approximate surface area is 187 Å². The molecular formula is C24H42N2O5. The minimum atomic E-state index is -1.08. The van der Waals surface area contributed by atoms with Gasteiger partial charge in [-0.15, -0.1) is 0 Å². The largest absolute Gasteiger partial charge is 0.480 e. The molecule has 6 atom stereocenters. The van der Waals surface area contributed by atoms with Gasteiger partial charge in [0.05, 0.1) is 11.6 Å². The lowest BCUT2D eigenvalue weighted by atomic mass is 9.77. The van der Waals surface area contributed by atoms with Gasteiger partial charge in [0.2, 0.25) is 5.91 Å². The van der Waals surface area contributed by atoms with Gasteiger partial charge in [-0.2, -0.15) is 0 Å². The fourth-order valence-electron chi connectivity index (χ4n) is 5.52. The smallest absolute Gasteiger partial charge is 0.326 e. The van der Waals surface area contributed by atoms with Crippen LogP contribution < -0.4 is 10.6 Å². The number of fused-ring (bicyclic) bond motifs is 1. The van der Waals surface area contributed by atoms with E-state index in [0.29, 0.717) is 11.8 Å². The molecule has 2 saturated carbocycles. The van der Waals surface area contributed by atoms with E-state index in [0.717, 1.165) is 19.3 Å². The molecular weight excluding hydrogens is 396 g/mol. The van der Waals surface area contributed by atoms with Crippen molar-refractivity contribution in [2.24, 2.45) is 28.6 Å². The molecule has 0 aromatic carbocycles. The van der Waals surface area contributed by atoms with E-state index in [1.54, 1.807) is 20.8 Å². The van der Waals surface area contributed by atoms with Gasteiger partial charge in [0, 0.05) is 5.41 Å². The van der Waals surface area contributed by atoms with E-state index < -0.39 is 41.2 Å². The summed E-state index contributed by atoms with van der Waals surface area (Å²) in [7, 11) is 0. The summed E-state index contributed by atoms with van der Waals surface area (Å²) in [4.78, 5) is 38.1. The third kappa shape index (κ3) is 5.14. The number of hydrogen-bond donors (Lipinski definition) is 3. The van der Waals surface area contributed by atoms with Crippen molar-refractivity contribution in [3.8, 4) is 0 Å². The summed E-state index contributed by atoms with van der Waals surface area (Å²) in [6.07, 6.45) is 2.07. The molecule has 6 unspecified atom stereocenters. The number of carboxylic acids is 1. The normalized spacial score (nSPS) is 30.1. The Morgan fingerprint density at radius 1 is 1.10 bits per heavy atom. The van der Waals surface area contributed by atoms with Crippen molar-refractivity contribution in [2.75, 3.05) is 0 Å². The summed E-state index contributed by atoms with van der Waals surface area (Å²) < 4.78 is 6.14. The minimum absolute atomic E-state index is 0.0160. The highest BCUT2D eigenvalue weighted by molar-refractivity contribution is 5.94. The van der Waals surface area contributed by atoms with Gasteiger partial charge in [0.25, 0.3) is 0 Å². The lowest BCUT2D eigenvalue weighted by Gasteiger charge is -2.35. The summed E-state index contributed by atoms with van der Waals surface area (Å²) in [6.45, 7) is 17.3. The number of nitrogens with one attached hydrogen (secondary N) is 2. The Bertz CT molecular complexity index is 711. The van der Waals surface area contributed by atoms with Gasteiger partial charge in [0.1, 0.15) is 6.04 Å². The van der Waals surface area contributed by atoms with E-state index in [1.165, 1.54) is 0 Å². The van der Waals surface area contributed by atoms with Gasteiger partial charge in [-0.05, 0) is 63.7 Å². The van der Waals surface area contributed by atoms with Crippen molar-refractivity contribution < 1.29 is 24.2 Å². The Morgan fingerprint density at radius 2 is 1.68 bits per heavy atom. The Morgan fingerprint density at radius 3 is 2.16 bits per heavy atom. The average Bonchev–Trinajstić information content (AvgIpc) is 3.11. The van der Waals surface area contributed by atoms with Crippen LogP contribution in [0.25, 0.3) is 0 Å². The van der Waals surface area contributed by atoms with E-state index in [1.807, 2.05) is 20.8 Å². The van der Waals surface area contributed by atoms with Crippen LogP contribution in [0.2, 0.25) is 0 Å². The third-order valence-electron chi connectivity index (χ3n) is 7.33. The van der Waals surface area contributed by atoms with Crippen LogP contribution in [0.3, 0.4) is 0 Å². The van der Waals surface area contributed by atoms with Crippen molar-refractivity contribution in [2.45, 2.75) is 105 Å². The molecule has 0 radical (unpaired) electrons. The highest BCUT2D eigenvalue weighted by Gasteiger charge is 2.76. The van der Waals surface area contributed by atoms with Gasteiger partial charge in [-0.3, -0.25) is 14.9 Å². The molecule has 0 saturated heterocycles. The number of aliphatic carboxylic acids is 1. The first-order chi connectivity index (χ1) is 14.0. The predicted molar refractivity (Wildman–Crippen MR) is 119 cm³/mol. The molecule has 2 rings (SSSR count). The first kappa shape index (κ1) is 25.8. The highest BCUT2D eigenvalue weighted by Crippen LogP contribution is 2.76. The van der Waals surface area contributed by atoms with Crippen molar-refractivity contribution in [1.82, 2.24) is 10.6 Å². The number of Topliss-reactive ketones (excluding diaryl/α,β-unsaturated/α-hetero) is 1. The SMILES string of the molecule is CC1CCC2C(C)(C)C2(C(=O)C(NC(C)C(=O)NC(C(=O)O)C(C)C)OC(C)(C)C)C1. The highest BCUT2D eigenvalue weighted by atomic mass is 16.5. The quantitative estimate of drug-likeness (QED) is 0.477. The molecule has 0 aromatic heterocycles. The van der Waals surface area contributed by atoms with E-state index in [2.05, 4.69) is 31.4 Å². The third-order valence-corrected chi connectivity index (χ3v) is 7.33. The maximum atomic E-state index is 13.9. The molecule has 0 spiro atoms. The van der Waals surface area contributed by atoms with Gasteiger partial charge in [-0.25, -0.2) is 4.79 Å². The Hall–Kier alpha value is -1.47. The van der Waals surface area contributed by atoms with Gasteiger partial charge < -0.3 is 15.2 Å². The number of carbonyl (C=O) groups excluding carboxylic acids is 2. The maximum Gasteiger partial charge on any atom is 0.326 e. The Kier molecular flexibility index (Phi) is 7.33. The zero-order valence-corrected chi connectivity index (χ0v) is 20.7. The van der Waals surface area contributed by atoms with Crippen LogP contribution in [-0.4, -0.2) is 46.7 Å². The summed E-state index contributed by atoms with van der Waals surface area (Å²) in [5, 5.41) is 15.0. The number of ketones is 1. The first-order valence-corrected chi connectivity index (χ1v) is 11.6. The average molecular weight is 439 g/mol. The maximum absolute atomic E-state index is 13.9. The monoisotopic (exact) mass is 438 g/mol. The number of carbonyl (C=O) groups is 3. The Balaban J connectivity index is 2.22. The zero-order chi connectivity index (χ0) is 23.9. The minimum Gasteiger partial charge on any atom is -0.480 e. The van der Waals surface area contributed by atoms with E-state index in [4.69, 9.17) is 4.74 Å². The van der Waals surface area contributed by atoms with E-state index >= 15 is 0 Å². The molecule has 7 heteroatoms. The number of ether oxygens (including phenoxy) is 1. The van der Waals surface area contributed by atoms with Gasteiger partial charge in [-0.1, -0.05) is 41.0 Å². The molecule has 2 aliphatic carbocycles. The summed E-state index contributed by atoms with van der Waals surface area (Å²) in [5.41, 5.74) is -1.12. The van der Waals surface area contributed by atoms with Crippen LogP contribution in [0.15, 0.2) is 0 Å². The summed E-state index contributed by atoms with van der Waals surface area (Å²) in [5.74, 6) is -0.975. The topological polar surface area (TPSA) is 105 Å². The van der Waals surface area contributed by atoms with E-state index in [-0.39, 0.29) is 17.1 Å². The van der Waals surface area contributed by atoms with Crippen molar-refractivity contribution in [1.29, 1.82) is 0 Å².